The molecule has 140 valence electrons. The third-order valence-corrected chi connectivity index (χ3v) is 5.83. The lowest BCUT2D eigenvalue weighted by Crippen LogP contribution is -2.43. The standard InChI is InChI=1S/C20H22N4O2S/c1-2-18(25)24-9-3-5-13(12-24)20(26)21-14-7-8-15-16(11-14)23-19(22-15)17-6-4-10-27-17/h4,6-8,10-11,13H,2-3,5,9,12H2,1H3,(H,21,26)(H,22,23). The van der Waals surface area contributed by atoms with E-state index in [0.29, 0.717) is 13.0 Å². The van der Waals surface area contributed by atoms with Crippen LogP contribution in [0.3, 0.4) is 0 Å². The Morgan fingerprint density at radius 2 is 2.26 bits per heavy atom. The second kappa shape index (κ2) is 7.52. The molecule has 1 atom stereocenters. The number of likely N-dealkylation sites (tertiary alicyclic amines) is 1. The first kappa shape index (κ1) is 17.7. The van der Waals surface area contributed by atoms with Gasteiger partial charge in [-0.05, 0) is 42.5 Å². The quantitative estimate of drug-likeness (QED) is 0.719. The third-order valence-electron chi connectivity index (χ3n) is 4.95. The molecule has 1 unspecified atom stereocenters. The SMILES string of the molecule is CCC(=O)N1CCCC(C(=O)Nc2ccc3nc(-c4cccs4)[nH]c3c2)C1. The summed E-state index contributed by atoms with van der Waals surface area (Å²) < 4.78 is 0. The van der Waals surface area contributed by atoms with Crippen molar-refractivity contribution in [2.75, 3.05) is 18.4 Å². The van der Waals surface area contributed by atoms with Crippen molar-refractivity contribution in [3.05, 3.63) is 35.7 Å². The van der Waals surface area contributed by atoms with Crippen LogP contribution in [0, 0.1) is 5.92 Å². The highest BCUT2D eigenvalue weighted by Gasteiger charge is 2.27. The summed E-state index contributed by atoms with van der Waals surface area (Å²) in [4.78, 5) is 35.4. The van der Waals surface area contributed by atoms with Crippen LogP contribution < -0.4 is 5.32 Å². The number of hydrogen-bond donors (Lipinski definition) is 2. The number of aromatic nitrogens is 2. The lowest BCUT2D eigenvalue weighted by molar-refractivity contribution is -0.134. The summed E-state index contributed by atoms with van der Waals surface area (Å²) in [5.74, 6) is 0.770. The van der Waals surface area contributed by atoms with Crippen molar-refractivity contribution in [3.8, 4) is 10.7 Å². The number of amides is 2. The summed E-state index contributed by atoms with van der Waals surface area (Å²) in [6, 6.07) is 9.71. The Morgan fingerprint density at radius 1 is 1.37 bits per heavy atom. The Morgan fingerprint density at radius 3 is 3.04 bits per heavy atom. The Bertz CT molecular complexity index is 964. The Hall–Kier alpha value is -2.67. The topological polar surface area (TPSA) is 78.1 Å². The molecule has 1 fully saturated rings. The van der Waals surface area contributed by atoms with E-state index in [2.05, 4.69) is 15.3 Å². The van der Waals surface area contributed by atoms with Gasteiger partial charge in [-0.3, -0.25) is 9.59 Å². The first-order valence-corrected chi connectivity index (χ1v) is 10.1. The maximum Gasteiger partial charge on any atom is 0.229 e. The van der Waals surface area contributed by atoms with Crippen LogP contribution in [-0.2, 0) is 9.59 Å². The minimum absolute atomic E-state index is 0.0269. The monoisotopic (exact) mass is 382 g/mol. The molecule has 1 aliphatic heterocycles. The van der Waals surface area contributed by atoms with Gasteiger partial charge in [-0.15, -0.1) is 11.3 Å². The second-order valence-electron chi connectivity index (χ2n) is 6.82. The zero-order valence-electron chi connectivity index (χ0n) is 15.2. The summed E-state index contributed by atoms with van der Waals surface area (Å²) in [6.45, 7) is 3.12. The minimum Gasteiger partial charge on any atom is -0.342 e. The number of H-pyrrole nitrogens is 1. The van der Waals surface area contributed by atoms with E-state index in [1.807, 2.05) is 42.6 Å². The normalized spacial score (nSPS) is 17.2. The third kappa shape index (κ3) is 3.73. The Kier molecular flexibility index (Phi) is 4.94. The lowest BCUT2D eigenvalue weighted by atomic mass is 9.96. The van der Waals surface area contributed by atoms with Gasteiger partial charge in [0.25, 0.3) is 0 Å². The Labute approximate surface area is 161 Å². The van der Waals surface area contributed by atoms with Crippen LogP contribution in [0.2, 0.25) is 0 Å². The van der Waals surface area contributed by atoms with Crippen molar-refractivity contribution in [2.24, 2.45) is 5.92 Å². The van der Waals surface area contributed by atoms with Crippen molar-refractivity contribution < 1.29 is 9.59 Å². The summed E-state index contributed by atoms with van der Waals surface area (Å²) in [5.41, 5.74) is 2.50. The van der Waals surface area contributed by atoms with Crippen molar-refractivity contribution in [2.45, 2.75) is 26.2 Å². The average molecular weight is 382 g/mol. The highest BCUT2D eigenvalue weighted by atomic mass is 32.1. The molecule has 27 heavy (non-hydrogen) atoms. The molecule has 7 heteroatoms. The van der Waals surface area contributed by atoms with Crippen molar-refractivity contribution in [3.63, 3.8) is 0 Å². The number of benzene rings is 1. The molecule has 0 spiro atoms. The molecule has 2 amide bonds. The number of nitrogens with zero attached hydrogens (tertiary/aromatic N) is 2. The van der Waals surface area contributed by atoms with Crippen LogP contribution in [0.5, 0.6) is 0 Å². The number of hydrogen-bond acceptors (Lipinski definition) is 4. The van der Waals surface area contributed by atoms with Crippen LogP contribution in [0.15, 0.2) is 35.7 Å². The predicted octanol–water partition coefficient (Wildman–Crippen LogP) is 3.88. The molecule has 0 saturated carbocycles. The number of nitrogens with one attached hydrogen (secondary N) is 2. The van der Waals surface area contributed by atoms with Crippen LogP contribution in [0.25, 0.3) is 21.7 Å². The van der Waals surface area contributed by atoms with Gasteiger partial charge in [-0.2, -0.15) is 0 Å². The van der Waals surface area contributed by atoms with Gasteiger partial charge in [0.1, 0.15) is 5.82 Å². The number of fused-ring (bicyclic) bond motifs is 1. The molecule has 0 radical (unpaired) electrons. The number of rotatable bonds is 4. The summed E-state index contributed by atoms with van der Waals surface area (Å²) >= 11 is 1.63. The maximum absolute atomic E-state index is 12.7. The van der Waals surface area contributed by atoms with Gasteiger partial charge in [0.05, 0.1) is 21.8 Å². The van der Waals surface area contributed by atoms with Gasteiger partial charge < -0.3 is 15.2 Å². The van der Waals surface area contributed by atoms with Crippen LogP contribution >= 0.6 is 11.3 Å². The van der Waals surface area contributed by atoms with Crippen molar-refractivity contribution in [1.82, 2.24) is 14.9 Å². The fourth-order valence-corrected chi connectivity index (χ4v) is 4.17. The number of aromatic amines is 1. The second-order valence-corrected chi connectivity index (χ2v) is 7.76. The molecule has 6 nitrogen and oxygen atoms in total. The number of piperidine rings is 1. The van der Waals surface area contributed by atoms with E-state index in [-0.39, 0.29) is 17.7 Å². The maximum atomic E-state index is 12.7. The molecule has 2 aromatic heterocycles. The molecular weight excluding hydrogens is 360 g/mol. The smallest absolute Gasteiger partial charge is 0.229 e. The van der Waals surface area contributed by atoms with Crippen molar-refractivity contribution >= 4 is 39.9 Å². The molecule has 0 aliphatic carbocycles. The number of carbonyl (C=O) groups is 2. The summed E-state index contributed by atoms with van der Waals surface area (Å²) in [7, 11) is 0. The largest absolute Gasteiger partial charge is 0.342 e. The molecule has 1 aliphatic rings. The van der Waals surface area contributed by atoms with E-state index in [1.165, 1.54) is 0 Å². The first-order valence-electron chi connectivity index (χ1n) is 9.26. The van der Waals surface area contributed by atoms with E-state index in [9.17, 15) is 9.59 Å². The Balaban J connectivity index is 1.48. The van der Waals surface area contributed by atoms with Crippen molar-refractivity contribution in [1.29, 1.82) is 0 Å². The fourth-order valence-electron chi connectivity index (χ4n) is 3.50. The van der Waals surface area contributed by atoms with Crippen LogP contribution in [0.4, 0.5) is 5.69 Å². The van der Waals surface area contributed by atoms with E-state index < -0.39 is 0 Å². The number of anilines is 1. The zero-order valence-corrected chi connectivity index (χ0v) is 16.0. The highest BCUT2D eigenvalue weighted by Crippen LogP contribution is 2.26. The zero-order chi connectivity index (χ0) is 18.8. The van der Waals surface area contributed by atoms with Gasteiger partial charge in [0, 0.05) is 25.2 Å². The number of thiophene rings is 1. The van der Waals surface area contributed by atoms with Gasteiger partial charge in [0.15, 0.2) is 0 Å². The number of imidazole rings is 1. The highest BCUT2D eigenvalue weighted by molar-refractivity contribution is 7.13. The summed E-state index contributed by atoms with van der Waals surface area (Å²) in [6.07, 6.45) is 2.17. The van der Waals surface area contributed by atoms with E-state index in [1.54, 1.807) is 16.2 Å². The van der Waals surface area contributed by atoms with E-state index >= 15 is 0 Å². The van der Waals surface area contributed by atoms with Gasteiger partial charge in [-0.1, -0.05) is 13.0 Å². The lowest BCUT2D eigenvalue weighted by Gasteiger charge is -2.31. The van der Waals surface area contributed by atoms with Crippen LogP contribution in [0.1, 0.15) is 26.2 Å². The molecule has 3 aromatic rings. The molecule has 2 N–H and O–H groups in total. The van der Waals surface area contributed by atoms with E-state index in [4.69, 9.17) is 0 Å². The van der Waals surface area contributed by atoms with E-state index in [0.717, 1.165) is 46.8 Å². The molecule has 3 heterocycles. The fraction of sp³-hybridized carbons (Fsp3) is 0.350. The van der Waals surface area contributed by atoms with Crippen LogP contribution in [-0.4, -0.2) is 39.8 Å². The minimum atomic E-state index is -0.159. The molecule has 0 bridgehead atoms. The van der Waals surface area contributed by atoms with Gasteiger partial charge in [0.2, 0.25) is 11.8 Å². The van der Waals surface area contributed by atoms with Gasteiger partial charge >= 0.3 is 0 Å². The van der Waals surface area contributed by atoms with Gasteiger partial charge in [-0.25, -0.2) is 4.98 Å². The number of carbonyl (C=O) groups excluding carboxylic acids is 2. The predicted molar refractivity (Wildman–Crippen MR) is 108 cm³/mol. The first-order chi connectivity index (χ1) is 13.1. The molecule has 1 saturated heterocycles. The molecular formula is C20H22N4O2S. The molecule has 1 aromatic carbocycles. The molecule has 4 rings (SSSR count). The summed E-state index contributed by atoms with van der Waals surface area (Å²) in [5, 5.41) is 5.02. The average Bonchev–Trinajstić information content (AvgIpc) is 3.36.